The fourth-order valence-corrected chi connectivity index (χ4v) is 4.85. The second-order valence-electron chi connectivity index (χ2n) is 6.99. The Kier molecular flexibility index (Phi) is 9.07. The van der Waals surface area contributed by atoms with Gasteiger partial charge in [-0.3, -0.25) is 9.59 Å². The molecule has 0 bridgehead atoms. The molecule has 1 amide bonds. The van der Waals surface area contributed by atoms with E-state index in [0.717, 1.165) is 25.7 Å². The average Bonchev–Trinajstić information content (AvgIpc) is 3.22. The molecule has 0 saturated heterocycles. The average molecular weight is 443 g/mol. The molecule has 1 fully saturated rings. The third-order valence-corrected chi connectivity index (χ3v) is 6.40. The third-order valence-electron chi connectivity index (χ3n) is 4.85. The van der Waals surface area contributed by atoms with Gasteiger partial charge in [0.15, 0.2) is 0 Å². The van der Waals surface area contributed by atoms with Gasteiger partial charge in [0, 0.05) is 25.3 Å². The number of carbonyl (C=O) groups is 2. The summed E-state index contributed by atoms with van der Waals surface area (Å²) in [7, 11) is -1.02. The monoisotopic (exact) mass is 442 g/mol. The Morgan fingerprint density at radius 1 is 1.20 bits per heavy atom. The molecule has 0 atom stereocenters. The first-order valence-corrected chi connectivity index (χ1v) is 11.4. The normalized spacial score (nSPS) is 14.5. The molecule has 0 aliphatic heterocycles. The van der Waals surface area contributed by atoms with Gasteiger partial charge in [0.05, 0.1) is 20.3 Å². The van der Waals surface area contributed by atoms with Gasteiger partial charge in [-0.05, 0) is 38.0 Å². The van der Waals surface area contributed by atoms with Gasteiger partial charge < -0.3 is 19.1 Å². The summed E-state index contributed by atoms with van der Waals surface area (Å²) < 4.78 is 43.7. The Morgan fingerprint density at radius 3 is 2.50 bits per heavy atom. The summed E-state index contributed by atoms with van der Waals surface area (Å²) >= 11 is 0. The van der Waals surface area contributed by atoms with Gasteiger partial charge in [0.25, 0.3) is 5.91 Å². The summed E-state index contributed by atoms with van der Waals surface area (Å²) in [6, 6.07) is 4.07. The van der Waals surface area contributed by atoms with Crippen molar-refractivity contribution in [3.05, 3.63) is 23.8 Å². The summed E-state index contributed by atoms with van der Waals surface area (Å²) in [5, 5.41) is 0. The van der Waals surface area contributed by atoms with Crippen molar-refractivity contribution in [3.8, 4) is 5.75 Å². The van der Waals surface area contributed by atoms with E-state index in [9.17, 15) is 18.0 Å². The standard InChI is InChI=1S/C20H30N2O7S/c1-4-29-19(23)14-22(11-12-27-2)20(24)15-9-10-17(28-3)18(13-15)30(25,26)21-16-7-5-6-8-16/h9-10,13,16,21H,4-8,11-12,14H2,1-3H3. The van der Waals surface area contributed by atoms with Crippen molar-refractivity contribution in [1.29, 1.82) is 0 Å². The Labute approximate surface area is 177 Å². The van der Waals surface area contributed by atoms with Gasteiger partial charge in [-0.15, -0.1) is 0 Å². The van der Waals surface area contributed by atoms with Gasteiger partial charge >= 0.3 is 5.97 Å². The minimum Gasteiger partial charge on any atom is -0.495 e. The van der Waals surface area contributed by atoms with Gasteiger partial charge in [-0.25, -0.2) is 13.1 Å². The Balaban J connectivity index is 2.31. The molecule has 0 heterocycles. The molecule has 1 N–H and O–H groups in total. The number of ether oxygens (including phenoxy) is 3. The number of carbonyl (C=O) groups excluding carboxylic acids is 2. The Hall–Kier alpha value is -2.17. The highest BCUT2D eigenvalue weighted by Gasteiger charge is 2.28. The minimum atomic E-state index is -3.88. The summed E-state index contributed by atoms with van der Waals surface area (Å²) in [4.78, 5) is 26.1. The van der Waals surface area contributed by atoms with Gasteiger partial charge in [-0.2, -0.15) is 0 Å². The van der Waals surface area contributed by atoms with E-state index < -0.39 is 21.9 Å². The van der Waals surface area contributed by atoms with Crippen LogP contribution in [0.2, 0.25) is 0 Å². The zero-order valence-electron chi connectivity index (χ0n) is 17.7. The van der Waals surface area contributed by atoms with E-state index in [-0.39, 0.29) is 48.6 Å². The van der Waals surface area contributed by atoms with E-state index >= 15 is 0 Å². The Morgan fingerprint density at radius 2 is 1.90 bits per heavy atom. The predicted molar refractivity (Wildman–Crippen MR) is 110 cm³/mol. The molecular formula is C20H30N2O7S. The molecule has 0 aromatic heterocycles. The molecule has 0 spiro atoms. The van der Waals surface area contributed by atoms with Crippen LogP contribution >= 0.6 is 0 Å². The van der Waals surface area contributed by atoms with Crippen molar-refractivity contribution < 1.29 is 32.2 Å². The first-order chi connectivity index (χ1) is 14.3. The van der Waals surface area contributed by atoms with Crippen LogP contribution in [0, 0.1) is 0 Å². The fourth-order valence-electron chi connectivity index (χ4n) is 3.35. The van der Waals surface area contributed by atoms with E-state index in [4.69, 9.17) is 14.2 Å². The summed E-state index contributed by atoms with van der Waals surface area (Å²) in [5.41, 5.74) is 0.128. The molecule has 10 heteroatoms. The lowest BCUT2D eigenvalue weighted by molar-refractivity contribution is -0.143. The minimum absolute atomic E-state index is 0.106. The zero-order valence-corrected chi connectivity index (χ0v) is 18.5. The molecule has 1 saturated carbocycles. The van der Waals surface area contributed by atoms with Crippen LogP contribution < -0.4 is 9.46 Å². The molecule has 1 aromatic rings. The van der Waals surface area contributed by atoms with Crippen LogP contribution in [-0.2, 0) is 24.3 Å². The molecule has 0 radical (unpaired) electrons. The number of rotatable bonds is 11. The molecule has 2 rings (SSSR count). The highest BCUT2D eigenvalue weighted by molar-refractivity contribution is 7.89. The van der Waals surface area contributed by atoms with Crippen LogP contribution in [0.5, 0.6) is 5.75 Å². The lowest BCUT2D eigenvalue weighted by atomic mass is 10.2. The van der Waals surface area contributed by atoms with E-state index in [1.54, 1.807) is 6.92 Å². The van der Waals surface area contributed by atoms with Crippen molar-refractivity contribution in [2.75, 3.05) is 40.5 Å². The van der Waals surface area contributed by atoms with Gasteiger partial charge in [-0.1, -0.05) is 12.8 Å². The first kappa shape index (κ1) is 24.1. The smallest absolute Gasteiger partial charge is 0.325 e. The number of hydrogen-bond acceptors (Lipinski definition) is 7. The maximum atomic E-state index is 13.0. The summed E-state index contributed by atoms with van der Waals surface area (Å²) in [6.07, 6.45) is 3.52. The van der Waals surface area contributed by atoms with E-state index in [1.807, 2.05) is 0 Å². The zero-order chi connectivity index (χ0) is 22.1. The number of amides is 1. The fraction of sp³-hybridized carbons (Fsp3) is 0.600. The predicted octanol–water partition coefficient (Wildman–Crippen LogP) is 1.57. The topological polar surface area (TPSA) is 111 Å². The second kappa shape index (κ2) is 11.3. The number of esters is 1. The van der Waals surface area contributed by atoms with Gasteiger partial charge in [0.1, 0.15) is 17.2 Å². The molecule has 168 valence electrons. The van der Waals surface area contributed by atoms with E-state index in [2.05, 4.69) is 4.72 Å². The second-order valence-corrected chi connectivity index (χ2v) is 8.68. The van der Waals surface area contributed by atoms with E-state index in [0.29, 0.717) is 0 Å². The highest BCUT2D eigenvalue weighted by Crippen LogP contribution is 2.27. The number of benzene rings is 1. The largest absolute Gasteiger partial charge is 0.495 e. The van der Waals surface area contributed by atoms with Crippen LogP contribution in [0.4, 0.5) is 0 Å². The van der Waals surface area contributed by atoms with Crippen LogP contribution in [0.25, 0.3) is 0 Å². The molecule has 0 unspecified atom stereocenters. The molecule has 1 aromatic carbocycles. The highest BCUT2D eigenvalue weighted by atomic mass is 32.2. The molecule has 1 aliphatic rings. The van der Waals surface area contributed by atoms with Crippen LogP contribution in [0.1, 0.15) is 43.0 Å². The van der Waals surface area contributed by atoms with Crippen molar-refractivity contribution >= 4 is 21.9 Å². The first-order valence-electron chi connectivity index (χ1n) is 9.96. The Bertz CT molecular complexity index is 836. The van der Waals surface area contributed by atoms with Crippen molar-refractivity contribution in [2.24, 2.45) is 0 Å². The maximum absolute atomic E-state index is 13.0. The maximum Gasteiger partial charge on any atom is 0.325 e. The SMILES string of the molecule is CCOC(=O)CN(CCOC)C(=O)c1ccc(OC)c(S(=O)(=O)NC2CCCC2)c1. The lowest BCUT2D eigenvalue weighted by Gasteiger charge is -2.22. The number of nitrogens with one attached hydrogen (secondary N) is 1. The van der Waals surface area contributed by atoms with Crippen LogP contribution in [0.3, 0.4) is 0 Å². The van der Waals surface area contributed by atoms with Crippen LogP contribution in [0.15, 0.2) is 23.1 Å². The van der Waals surface area contributed by atoms with Crippen LogP contribution in [-0.4, -0.2) is 71.8 Å². The molecule has 30 heavy (non-hydrogen) atoms. The van der Waals surface area contributed by atoms with Crippen molar-refractivity contribution in [2.45, 2.75) is 43.5 Å². The summed E-state index contributed by atoms with van der Waals surface area (Å²) in [6.45, 7) is 1.99. The molecule has 9 nitrogen and oxygen atoms in total. The quantitative estimate of drug-likeness (QED) is 0.518. The van der Waals surface area contributed by atoms with Gasteiger partial charge in [0.2, 0.25) is 10.0 Å². The third kappa shape index (κ3) is 6.41. The lowest BCUT2D eigenvalue weighted by Crippen LogP contribution is -2.39. The van der Waals surface area contributed by atoms with Crippen molar-refractivity contribution in [1.82, 2.24) is 9.62 Å². The number of methoxy groups -OCH3 is 2. The summed E-state index contributed by atoms with van der Waals surface area (Å²) in [5.74, 6) is -0.905. The number of nitrogens with zero attached hydrogens (tertiary/aromatic N) is 1. The molecule has 1 aliphatic carbocycles. The number of sulfonamides is 1. The number of hydrogen-bond donors (Lipinski definition) is 1. The molecular weight excluding hydrogens is 412 g/mol. The van der Waals surface area contributed by atoms with Crippen molar-refractivity contribution in [3.63, 3.8) is 0 Å². The van der Waals surface area contributed by atoms with E-state index in [1.165, 1.54) is 37.3 Å².